The zero-order valence-electron chi connectivity index (χ0n) is 9.80. The average molecular weight is 234 g/mol. The lowest BCUT2D eigenvalue weighted by atomic mass is 9.86. The fourth-order valence-electron chi connectivity index (χ4n) is 2.32. The summed E-state index contributed by atoms with van der Waals surface area (Å²) in [6.45, 7) is 1.99. The summed E-state index contributed by atoms with van der Waals surface area (Å²) in [5.74, 6) is 1.51. The normalized spacial score (nSPS) is 26.8. The van der Waals surface area contributed by atoms with E-state index >= 15 is 0 Å². The Morgan fingerprint density at radius 1 is 1.27 bits per heavy atom. The monoisotopic (exact) mass is 233 g/mol. The van der Waals surface area contributed by atoms with Crippen LogP contribution < -0.4 is 5.32 Å². The van der Waals surface area contributed by atoms with Crippen LogP contribution in [0.1, 0.15) is 38.5 Å². The van der Waals surface area contributed by atoms with Gasteiger partial charge in [0.25, 0.3) is 0 Å². The lowest BCUT2D eigenvalue weighted by Gasteiger charge is -2.31. The van der Waals surface area contributed by atoms with Crippen LogP contribution in [0.3, 0.4) is 0 Å². The van der Waals surface area contributed by atoms with E-state index in [9.17, 15) is 0 Å². The van der Waals surface area contributed by atoms with E-state index in [-0.39, 0.29) is 0 Å². The number of unbranched alkanes of at least 4 members (excludes halogenated alkanes) is 1. The summed E-state index contributed by atoms with van der Waals surface area (Å²) < 4.78 is 5.03. The van der Waals surface area contributed by atoms with Gasteiger partial charge in [0, 0.05) is 25.6 Å². The van der Waals surface area contributed by atoms with E-state index < -0.39 is 0 Å². The van der Waals surface area contributed by atoms with Crippen LogP contribution in [0, 0.1) is 5.92 Å². The van der Waals surface area contributed by atoms with Crippen molar-refractivity contribution in [3.05, 3.63) is 0 Å². The van der Waals surface area contributed by atoms with Crippen molar-refractivity contribution in [3.63, 3.8) is 0 Å². The standard InChI is InChI=1S/C12H24ClNO/c1-15-9-5-4-8-14-12-7-3-2-6-11(12)10-13/h11-12,14H,2-10H2,1H3. The molecular weight excluding hydrogens is 210 g/mol. The number of nitrogens with one attached hydrogen (secondary N) is 1. The summed E-state index contributed by atoms with van der Waals surface area (Å²) in [4.78, 5) is 0. The van der Waals surface area contributed by atoms with Gasteiger partial charge in [0.1, 0.15) is 0 Å². The maximum atomic E-state index is 5.98. The minimum absolute atomic E-state index is 0.666. The van der Waals surface area contributed by atoms with Crippen LogP contribution in [0.5, 0.6) is 0 Å². The summed E-state index contributed by atoms with van der Waals surface area (Å²) in [6, 6.07) is 0.666. The molecule has 0 radical (unpaired) electrons. The number of methoxy groups -OCH3 is 1. The Kier molecular flexibility index (Phi) is 7.41. The fourth-order valence-corrected chi connectivity index (χ4v) is 2.69. The molecule has 0 saturated heterocycles. The minimum atomic E-state index is 0.666. The smallest absolute Gasteiger partial charge is 0.0462 e. The molecule has 0 aromatic rings. The molecule has 1 saturated carbocycles. The van der Waals surface area contributed by atoms with Crippen molar-refractivity contribution in [2.75, 3.05) is 26.1 Å². The Bertz CT molecular complexity index is 155. The SMILES string of the molecule is COCCCCNC1CCCCC1CCl. The van der Waals surface area contributed by atoms with Gasteiger partial charge >= 0.3 is 0 Å². The van der Waals surface area contributed by atoms with Crippen LogP contribution in [0.15, 0.2) is 0 Å². The quantitative estimate of drug-likeness (QED) is 0.540. The maximum Gasteiger partial charge on any atom is 0.0462 e. The number of ether oxygens (including phenoxy) is 1. The van der Waals surface area contributed by atoms with E-state index in [1.165, 1.54) is 32.1 Å². The van der Waals surface area contributed by atoms with Crippen molar-refractivity contribution in [1.29, 1.82) is 0 Å². The van der Waals surface area contributed by atoms with E-state index in [4.69, 9.17) is 16.3 Å². The molecule has 1 N–H and O–H groups in total. The van der Waals surface area contributed by atoms with Gasteiger partial charge in [-0.15, -0.1) is 11.6 Å². The largest absolute Gasteiger partial charge is 0.385 e. The first-order chi connectivity index (χ1) is 7.38. The second-order valence-electron chi connectivity index (χ2n) is 4.46. The molecule has 3 heteroatoms. The Labute approximate surface area is 98.7 Å². The molecule has 1 rings (SSSR count). The molecule has 1 aliphatic carbocycles. The molecular formula is C12H24ClNO. The number of halogens is 1. The highest BCUT2D eigenvalue weighted by Crippen LogP contribution is 2.25. The van der Waals surface area contributed by atoms with Crippen molar-refractivity contribution in [2.45, 2.75) is 44.6 Å². The van der Waals surface area contributed by atoms with Crippen molar-refractivity contribution >= 4 is 11.6 Å². The van der Waals surface area contributed by atoms with Gasteiger partial charge in [-0.2, -0.15) is 0 Å². The highest BCUT2D eigenvalue weighted by Gasteiger charge is 2.23. The molecule has 90 valence electrons. The predicted octanol–water partition coefficient (Wildman–Crippen LogP) is 2.80. The highest BCUT2D eigenvalue weighted by molar-refractivity contribution is 6.18. The molecule has 0 amide bonds. The molecule has 15 heavy (non-hydrogen) atoms. The number of alkyl halides is 1. The number of hydrogen-bond donors (Lipinski definition) is 1. The van der Waals surface area contributed by atoms with Crippen LogP contribution in [0.4, 0.5) is 0 Å². The van der Waals surface area contributed by atoms with Crippen LogP contribution in [-0.4, -0.2) is 32.2 Å². The van der Waals surface area contributed by atoms with Crippen molar-refractivity contribution in [3.8, 4) is 0 Å². The molecule has 2 nitrogen and oxygen atoms in total. The van der Waals surface area contributed by atoms with Gasteiger partial charge in [-0.05, 0) is 38.1 Å². The summed E-state index contributed by atoms with van der Waals surface area (Å²) in [6.07, 6.45) is 7.70. The third-order valence-corrected chi connectivity index (χ3v) is 3.69. The van der Waals surface area contributed by atoms with E-state index in [2.05, 4.69) is 5.32 Å². The van der Waals surface area contributed by atoms with Gasteiger partial charge in [0.05, 0.1) is 0 Å². The van der Waals surface area contributed by atoms with Gasteiger partial charge in [-0.1, -0.05) is 12.8 Å². The molecule has 0 aliphatic heterocycles. The molecule has 0 aromatic carbocycles. The van der Waals surface area contributed by atoms with E-state index in [0.717, 1.165) is 25.5 Å². The van der Waals surface area contributed by atoms with Gasteiger partial charge in [0.15, 0.2) is 0 Å². The topological polar surface area (TPSA) is 21.3 Å². The van der Waals surface area contributed by atoms with Gasteiger partial charge < -0.3 is 10.1 Å². The molecule has 1 aliphatic rings. The highest BCUT2D eigenvalue weighted by atomic mass is 35.5. The first kappa shape index (κ1) is 13.3. The zero-order chi connectivity index (χ0) is 10.9. The Morgan fingerprint density at radius 3 is 2.80 bits per heavy atom. The molecule has 0 bridgehead atoms. The van der Waals surface area contributed by atoms with E-state index in [1.807, 2.05) is 0 Å². The number of hydrogen-bond acceptors (Lipinski definition) is 2. The van der Waals surface area contributed by atoms with Crippen molar-refractivity contribution < 1.29 is 4.74 Å². The lowest BCUT2D eigenvalue weighted by Crippen LogP contribution is -2.39. The second-order valence-corrected chi connectivity index (χ2v) is 4.77. The Morgan fingerprint density at radius 2 is 2.07 bits per heavy atom. The van der Waals surface area contributed by atoms with Crippen LogP contribution >= 0.6 is 11.6 Å². The first-order valence-corrected chi connectivity index (χ1v) is 6.70. The minimum Gasteiger partial charge on any atom is -0.385 e. The summed E-state index contributed by atoms with van der Waals surface area (Å²) >= 11 is 5.98. The van der Waals surface area contributed by atoms with E-state index in [0.29, 0.717) is 12.0 Å². The second kappa shape index (κ2) is 8.37. The average Bonchev–Trinajstić information content (AvgIpc) is 2.29. The van der Waals surface area contributed by atoms with Gasteiger partial charge in [0.2, 0.25) is 0 Å². The molecule has 0 spiro atoms. The summed E-state index contributed by atoms with van der Waals surface area (Å²) in [5.41, 5.74) is 0. The van der Waals surface area contributed by atoms with Crippen LogP contribution in [-0.2, 0) is 4.74 Å². The molecule has 0 aromatic heterocycles. The third-order valence-electron chi connectivity index (χ3n) is 3.29. The first-order valence-electron chi connectivity index (χ1n) is 6.16. The fraction of sp³-hybridized carbons (Fsp3) is 1.00. The maximum absolute atomic E-state index is 5.98. The summed E-state index contributed by atoms with van der Waals surface area (Å²) in [5, 5.41) is 3.64. The van der Waals surface area contributed by atoms with Crippen molar-refractivity contribution in [1.82, 2.24) is 5.32 Å². The Balaban J connectivity index is 2.07. The molecule has 2 unspecified atom stereocenters. The van der Waals surface area contributed by atoms with Crippen molar-refractivity contribution in [2.24, 2.45) is 5.92 Å². The van der Waals surface area contributed by atoms with Crippen LogP contribution in [0.2, 0.25) is 0 Å². The van der Waals surface area contributed by atoms with Gasteiger partial charge in [-0.25, -0.2) is 0 Å². The van der Waals surface area contributed by atoms with Gasteiger partial charge in [-0.3, -0.25) is 0 Å². The Hall–Kier alpha value is 0.210. The molecule has 1 fully saturated rings. The molecule has 2 atom stereocenters. The molecule has 0 heterocycles. The zero-order valence-corrected chi connectivity index (χ0v) is 10.6. The number of rotatable bonds is 7. The third kappa shape index (κ3) is 5.19. The van der Waals surface area contributed by atoms with Crippen LogP contribution in [0.25, 0.3) is 0 Å². The lowest BCUT2D eigenvalue weighted by molar-refractivity contribution is 0.191. The summed E-state index contributed by atoms with van der Waals surface area (Å²) in [7, 11) is 1.76. The predicted molar refractivity (Wildman–Crippen MR) is 65.6 cm³/mol. The van der Waals surface area contributed by atoms with E-state index in [1.54, 1.807) is 7.11 Å².